The van der Waals surface area contributed by atoms with E-state index in [1.807, 2.05) is 0 Å². The molecular weight excluding hydrogens is 228 g/mol. The van der Waals surface area contributed by atoms with Crippen molar-refractivity contribution >= 4 is 11.8 Å². The number of thioether (sulfide) groups is 1. The van der Waals surface area contributed by atoms with E-state index in [4.69, 9.17) is 0 Å². The first kappa shape index (κ1) is 13.7. The van der Waals surface area contributed by atoms with Gasteiger partial charge in [-0.1, -0.05) is 19.8 Å². The van der Waals surface area contributed by atoms with Crippen LogP contribution < -0.4 is 5.32 Å². The van der Waals surface area contributed by atoms with Gasteiger partial charge in [-0.25, -0.2) is 0 Å². The van der Waals surface area contributed by atoms with Crippen LogP contribution in [-0.4, -0.2) is 49.1 Å². The summed E-state index contributed by atoms with van der Waals surface area (Å²) in [5, 5.41) is 3.67. The molecule has 1 saturated carbocycles. The largest absolute Gasteiger partial charge is 0.315 e. The fourth-order valence-corrected chi connectivity index (χ4v) is 4.09. The van der Waals surface area contributed by atoms with E-state index in [0.717, 1.165) is 11.8 Å². The zero-order chi connectivity index (χ0) is 11.9. The van der Waals surface area contributed by atoms with Crippen molar-refractivity contribution < 1.29 is 0 Å². The minimum absolute atomic E-state index is 0.954. The lowest BCUT2D eigenvalue weighted by molar-refractivity contribution is 0.262. The summed E-state index contributed by atoms with van der Waals surface area (Å²) in [5.74, 6) is 4.59. The first-order valence-corrected chi connectivity index (χ1v) is 8.51. The van der Waals surface area contributed by atoms with Crippen molar-refractivity contribution in [3.05, 3.63) is 0 Å². The SMILES string of the molecule is CC1CCCC(CNCCN2CCSCC2)C1. The molecule has 2 rings (SSSR count). The van der Waals surface area contributed by atoms with Gasteiger partial charge >= 0.3 is 0 Å². The van der Waals surface area contributed by atoms with Crippen molar-refractivity contribution in [1.29, 1.82) is 0 Å². The Bertz CT molecular complexity index is 204. The van der Waals surface area contributed by atoms with E-state index in [-0.39, 0.29) is 0 Å². The van der Waals surface area contributed by atoms with E-state index in [9.17, 15) is 0 Å². The molecule has 0 aromatic carbocycles. The maximum Gasteiger partial charge on any atom is 0.0107 e. The van der Waals surface area contributed by atoms with E-state index >= 15 is 0 Å². The van der Waals surface area contributed by atoms with Crippen molar-refractivity contribution in [2.75, 3.05) is 44.2 Å². The van der Waals surface area contributed by atoms with Gasteiger partial charge in [0.25, 0.3) is 0 Å². The summed E-state index contributed by atoms with van der Waals surface area (Å²) in [5.41, 5.74) is 0. The van der Waals surface area contributed by atoms with E-state index in [1.54, 1.807) is 0 Å². The third-order valence-corrected chi connectivity index (χ3v) is 5.13. The van der Waals surface area contributed by atoms with Gasteiger partial charge in [0.1, 0.15) is 0 Å². The molecule has 2 nitrogen and oxygen atoms in total. The summed E-state index contributed by atoms with van der Waals surface area (Å²) in [6.45, 7) is 8.71. The molecule has 0 aromatic rings. The first-order chi connectivity index (χ1) is 8.34. The normalized spacial score (nSPS) is 31.6. The van der Waals surface area contributed by atoms with Crippen LogP contribution in [0.25, 0.3) is 0 Å². The van der Waals surface area contributed by atoms with Crippen LogP contribution >= 0.6 is 11.8 Å². The molecule has 1 aliphatic heterocycles. The summed E-state index contributed by atoms with van der Waals surface area (Å²) < 4.78 is 0. The zero-order valence-corrected chi connectivity index (χ0v) is 12.1. The van der Waals surface area contributed by atoms with Crippen LogP contribution in [0.1, 0.15) is 32.6 Å². The lowest BCUT2D eigenvalue weighted by Crippen LogP contribution is -2.39. The molecule has 2 aliphatic rings. The van der Waals surface area contributed by atoms with Gasteiger partial charge in [-0.3, -0.25) is 0 Å². The quantitative estimate of drug-likeness (QED) is 0.761. The molecule has 1 aliphatic carbocycles. The van der Waals surface area contributed by atoms with Gasteiger partial charge in [0, 0.05) is 37.7 Å². The minimum atomic E-state index is 0.954. The topological polar surface area (TPSA) is 15.3 Å². The zero-order valence-electron chi connectivity index (χ0n) is 11.3. The summed E-state index contributed by atoms with van der Waals surface area (Å²) in [7, 11) is 0. The second kappa shape index (κ2) is 7.65. The number of nitrogens with one attached hydrogen (secondary N) is 1. The molecule has 1 N–H and O–H groups in total. The number of hydrogen-bond acceptors (Lipinski definition) is 3. The van der Waals surface area contributed by atoms with Crippen molar-refractivity contribution in [3.8, 4) is 0 Å². The summed E-state index contributed by atoms with van der Waals surface area (Å²) in [6, 6.07) is 0. The predicted octanol–water partition coefficient (Wildman–Crippen LogP) is 2.45. The Balaban J connectivity index is 1.50. The summed E-state index contributed by atoms with van der Waals surface area (Å²) >= 11 is 2.10. The van der Waals surface area contributed by atoms with Crippen LogP contribution in [-0.2, 0) is 0 Å². The Labute approximate surface area is 111 Å². The standard InChI is InChI=1S/C14H28N2S/c1-13-3-2-4-14(11-13)12-15-5-6-16-7-9-17-10-8-16/h13-15H,2-12H2,1H3. The van der Waals surface area contributed by atoms with E-state index in [2.05, 4.69) is 28.9 Å². The van der Waals surface area contributed by atoms with Crippen LogP contribution in [0, 0.1) is 11.8 Å². The molecule has 1 saturated heterocycles. The highest BCUT2D eigenvalue weighted by Gasteiger charge is 2.18. The van der Waals surface area contributed by atoms with E-state index in [1.165, 1.54) is 69.9 Å². The molecule has 3 heteroatoms. The number of nitrogens with zero attached hydrogens (tertiary/aromatic N) is 1. The van der Waals surface area contributed by atoms with Gasteiger partial charge in [0.15, 0.2) is 0 Å². The van der Waals surface area contributed by atoms with Gasteiger partial charge in [-0.2, -0.15) is 11.8 Å². The molecular formula is C14H28N2S. The molecule has 0 spiro atoms. The predicted molar refractivity (Wildman–Crippen MR) is 77.8 cm³/mol. The fraction of sp³-hybridized carbons (Fsp3) is 1.00. The van der Waals surface area contributed by atoms with Gasteiger partial charge in [0.05, 0.1) is 0 Å². The third kappa shape index (κ3) is 5.19. The third-order valence-electron chi connectivity index (χ3n) is 4.19. The van der Waals surface area contributed by atoms with Gasteiger partial charge in [0.2, 0.25) is 0 Å². The Hall–Kier alpha value is 0.270. The highest BCUT2D eigenvalue weighted by atomic mass is 32.2. The van der Waals surface area contributed by atoms with Crippen molar-refractivity contribution in [1.82, 2.24) is 10.2 Å². The average molecular weight is 256 g/mol. The van der Waals surface area contributed by atoms with Gasteiger partial charge in [-0.05, 0) is 31.2 Å². The van der Waals surface area contributed by atoms with Crippen LogP contribution in [0.2, 0.25) is 0 Å². The van der Waals surface area contributed by atoms with Crippen LogP contribution in [0.5, 0.6) is 0 Å². The number of rotatable bonds is 5. The Morgan fingerprint density at radius 3 is 2.82 bits per heavy atom. The Kier molecular flexibility index (Phi) is 6.16. The highest BCUT2D eigenvalue weighted by molar-refractivity contribution is 7.99. The molecule has 0 amide bonds. The second-order valence-electron chi connectivity index (χ2n) is 5.80. The van der Waals surface area contributed by atoms with Crippen molar-refractivity contribution in [3.63, 3.8) is 0 Å². The van der Waals surface area contributed by atoms with Crippen LogP contribution in [0.4, 0.5) is 0 Å². The second-order valence-corrected chi connectivity index (χ2v) is 7.02. The molecule has 0 bridgehead atoms. The van der Waals surface area contributed by atoms with Crippen molar-refractivity contribution in [2.45, 2.75) is 32.6 Å². The molecule has 0 aromatic heterocycles. The Morgan fingerprint density at radius 1 is 1.24 bits per heavy atom. The molecule has 100 valence electrons. The van der Waals surface area contributed by atoms with Gasteiger partial charge < -0.3 is 10.2 Å². The maximum atomic E-state index is 3.67. The van der Waals surface area contributed by atoms with E-state index in [0.29, 0.717) is 0 Å². The summed E-state index contributed by atoms with van der Waals surface area (Å²) in [4.78, 5) is 2.60. The lowest BCUT2D eigenvalue weighted by Gasteiger charge is -2.28. The average Bonchev–Trinajstić information content (AvgIpc) is 2.36. The highest BCUT2D eigenvalue weighted by Crippen LogP contribution is 2.27. The monoisotopic (exact) mass is 256 g/mol. The maximum absolute atomic E-state index is 3.67. The Morgan fingerprint density at radius 2 is 2.06 bits per heavy atom. The van der Waals surface area contributed by atoms with E-state index < -0.39 is 0 Å². The van der Waals surface area contributed by atoms with Crippen LogP contribution in [0.15, 0.2) is 0 Å². The molecule has 2 unspecified atom stereocenters. The molecule has 1 heterocycles. The first-order valence-electron chi connectivity index (χ1n) is 7.35. The summed E-state index contributed by atoms with van der Waals surface area (Å²) in [6.07, 6.45) is 5.82. The fourth-order valence-electron chi connectivity index (χ4n) is 3.11. The van der Waals surface area contributed by atoms with Crippen LogP contribution in [0.3, 0.4) is 0 Å². The van der Waals surface area contributed by atoms with Gasteiger partial charge in [-0.15, -0.1) is 0 Å². The smallest absolute Gasteiger partial charge is 0.0107 e. The lowest BCUT2D eigenvalue weighted by atomic mass is 9.82. The molecule has 0 radical (unpaired) electrons. The molecule has 2 atom stereocenters. The minimum Gasteiger partial charge on any atom is -0.315 e. The molecule has 17 heavy (non-hydrogen) atoms. The van der Waals surface area contributed by atoms with Crippen molar-refractivity contribution in [2.24, 2.45) is 11.8 Å². The molecule has 2 fully saturated rings. The number of hydrogen-bond donors (Lipinski definition) is 1.